The summed E-state index contributed by atoms with van der Waals surface area (Å²) in [6.45, 7) is 0.983. The molecule has 1 aliphatic heterocycles. The van der Waals surface area contributed by atoms with E-state index in [1.807, 2.05) is 4.90 Å². The lowest BCUT2D eigenvalue weighted by atomic mass is 10.1. The van der Waals surface area contributed by atoms with E-state index in [1.165, 1.54) is 24.4 Å². The van der Waals surface area contributed by atoms with Crippen LogP contribution in [0.2, 0.25) is 10.0 Å². The number of fused-ring (bicyclic) bond motifs is 1. The Balaban J connectivity index is 1.31. The van der Waals surface area contributed by atoms with Gasteiger partial charge in [0.25, 0.3) is 5.91 Å². The van der Waals surface area contributed by atoms with Crippen LogP contribution in [0, 0.1) is 0 Å². The zero-order valence-corrected chi connectivity index (χ0v) is 19.1. The smallest absolute Gasteiger partial charge is 0.380 e. The number of anilines is 2. The second kappa shape index (κ2) is 8.57. The van der Waals surface area contributed by atoms with Gasteiger partial charge in [0.15, 0.2) is 11.6 Å². The van der Waals surface area contributed by atoms with E-state index in [4.69, 9.17) is 33.5 Å². The minimum Gasteiger partial charge on any atom is -0.380 e. The van der Waals surface area contributed by atoms with Gasteiger partial charge in [0, 0.05) is 25.3 Å². The SMILES string of the molecule is Nc1noc2c(N3CC[C@@H](NC(=O)c4ccc(-n5cnnc5C(F)(F)F)cc4Cl)C3)ncc(Cl)c12. The third-order valence-electron chi connectivity index (χ3n) is 5.56. The number of carbonyl (C=O) groups is 1. The molecule has 4 heterocycles. The van der Waals surface area contributed by atoms with Crippen molar-refractivity contribution >= 4 is 51.7 Å². The van der Waals surface area contributed by atoms with Crippen LogP contribution in [0.25, 0.3) is 16.7 Å². The molecule has 3 aromatic heterocycles. The number of nitrogens with zero attached hydrogens (tertiary/aromatic N) is 6. The first-order valence-electron chi connectivity index (χ1n) is 10.2. The van der Waals surface area contributed by atoms with Gasteiger partial charge in [-0.1, -0.05) is 28.4 Å². The molecule has 0 unspecified atom stereocenters. The summed E-state index contributed by atoms with van der Waals surface area (Å²) in [5.41, 5.74) is 6.36. The lowest BCUT2D eigenvalue weighted by Crippen LogP contribution is -2.37. The first-order chi connectivity index (χ1) is 16.6. The Labute approximate surface area is 204 Å². The summed E-state index contributed by atoms with van der Waals surface area (Å²) in [4.78, 5) is 19.1. The summed E-state index contributed by atoms with van der Waals surface area (Å²) in [7, 11) is 0. The molecule has 1 fully saturated rings. The number of amides is 1. The molecule has 182 valence electrons. The zero-order chi connectivity index (χ0) is 24.9. The molecule has 0 spiro atoms. The third-order valence-corrected chi connectivity index (χ3v) is 6.16. The lowest BCUT2D eigenvalue weighted by molar-refractivity contribution is -0.146. The molecule has 0 bridgehead atoms. The van der Waals surface area contributed by atoms with Crippen molar-refractivity contribution in [3.63, 3.8) is 0 Å². The van der Waals surface area contributed by atoms with E-state index in [1.54, 1.807) is 0 Å². The molecule has 1 aliphatic rings. The number of halogens is 5. The average Bonchev–Trinajstić information content (AvgIpc) is 3.54. The van der Waals surface area contributed by atoms with Crippen LogP contribution in [-0.2, 0) is 6.18 Å². The number of pyridine rings is 1. The van der Waals surface area contributed by atoms with Crippen LogP contribution in [0.1, 0.15) is 22.6 Å². The first kappa shape index (κ1) is 23.2. The van der Waals surface area contributed by atoms with Crippen LogP contribution in [0.15, 0.2) is 35.2 Å². The van der Waals surface area contributed by atoms with Crippen LogP contribution < -0.4 is 16.0 Å². The monoisotopic (exact) mass is 526 g/mol. The maximum absolute atomic E-state index is 13.1. The Hall–Kier alpha value is -3.58. The van der Waals surface area contributed by atoms with Crippen molar-refractivity contribution in [2.24, 2.45) is 0 Å². The van der Waals surface area contributed by atoms with Crippen molar-refractivity contribution < 1.29 is 22.5 Å². The number of aromatic nitrogens is 5. The van der Waals surface area contributed by atoms with E-state index < -0.39 is 17.9 Å². The maximum Gasteiger partial charge on any atom is 0.452 e. The Morgan fingerprint density at radius 3 is 2.80 bits per heavy atom. The molecule has 0 radical (unpaired) electrons. The van der Waals surface area contributed by atoms with E-state index in [0.717, 1.165) is 10.9 Å². The van der Waals surface area contributed by atoms with E-state index in [-0.39, 0.29) is 28.1 Å². The number of nitrogen functional groups attached to an aromatic ring is 1. The van der Waals surface area contributed by atoms with Crippen molar-refractivity contribution in [3.8, 4) is 5.69 Å². The largest absolute Gasteiger partial charge is 0.452 e. The molecule has 1 saturated heterocycles. The number of benzene rings is 1. The molecule has 0 aliphatic carbocycles. The number of alkyl halides is 3. The third kappa shape index (κ3) is 4.21. The molecular formula is C20H15Cl2F3N8O2. The average molecular weight is 527 g/mol. The van der Waals surface area contributed by atoms with Gasteiger partial charge in [0.2, 0.25) is 11.4 Å². The van der Waals surface area contributed by atoms with Gasteiger partial charge in [-0.2, -0.15) is 13.2 Å². The highest BCUT2D eigenvalue weighted by Gasteiger charge is 2.37. The van der Waals surface area contributed by atoms with Gasteiger partial charge in [-0.05, 0) is 24.6 Å². The van der Waals surface area contributed by atoms with E-state index in [9.17, 15) is 18.0 Å². The molecule has 4 aromatic rings. The van der Waals surface area contributed by atoms with Crippen LogP contribution in [0.4, 0.5) is 24.8 Å². The molecular weight excluding hydrogens is 512 g/mol. The second-order valence-electron chi connectivity index (χ2n) is 7.79. The van der Waals surface area contributed by atoms with E-state index >= 15 is 0 Å². The summed E-state index contributed by atoms with van der Waals surface area (Å²) in [6, 6.07) is 3.68. The Bertz CT molecular complexity index is 1440. The summed E-state index contributed by atoms with van der Waals surface area (Å²) >= 11 is 12.4. The van der Waals surface area contributed by atoms with Crippen LogP contribution in [-0.4, -0.2) is 49.9 Å². The summed E-state index contributed by atoms with van der Waals surface area (Å²) in [5, 5.41) is 13.8. The highest BCUT2D eigenvalue weighted by molar-refractivity contribution is 6.36. The lowest BCUT2D eigenvalue weighted by Gasteiger charge is -2.18. The van der Waals surface area contributed by atoms with Crippen LogP contribution in [0.3, 0.4) is 0 Å². The zero-order valence-electron chi connectivity index (χ0n) is 17.6. The van der Waals surface area contributed by atoms with Crippen LogP contribution in [0.5, 0.6) is 0 Å². The molecule has 5 rings (SSSR count). The van der Waals surface area contributed by atoms with Gasteiger partial charge in [-0.3, -0.25) is 9.36 Å². The van der Waals surface area contributed by atoms with Crippen molar-refractivity contribution in [3.05, 3.63) is 52.2 Å². The molecule has 1 aromatic carbocycles. The van der Waals surface area contributed by atoms with Crippen molar-refractivity contribution in [2.45, 2.75) is 18.6 Å². The quantitative estimate of drug-likeness (QED) is 0.411. The minimum absolute atomic E-state index is 0.0186. The number of nitrogens with one attached hydrogen (secondary N) is 1. The molecule has 15 heteroatoms. The number of carbonyl (C=O) groups excluding carboxylic acids is 1. The highest BCUT2D eigenvalue weighted by atomic mass is 35.5. The molecule has 10 nitrogen and oxygen atoms in total. The molecule has 1 amide bonds. The topological polar surface area (TPSA) is 128 Å². The van der Waals surface area contributed by atoms with Gasteiger partial charge < -0.3 is 20.5 Å². The maximum atomic E-state index is 13.1. The number of hydrogen-bond acceptors (Lipinski definition) is 8. The minimum atomic E-state index is -4.70. The normalized spacial score (nSPS) is 16.3. The highest BCUT2D eigenvalue weighted by Crippen LogP contribution is 2.35. The van der Waals surface area contributed by atoms with Gasteiger partial charge in [0.05, 0.1) is 26.7 Å². The number of hydrogen-bond donors (Lipinski definition) is 2. The number of nitrogens with two attached hydrogens (primary N) is 1. The Kier molecular flexibility index (Phi) is 5.68. The second-order valence-corrected chi connectivity index (χ2v) is 8.61. The van der Waals surface area contributed by atoms with Crippen LogP contribution >= 0.6 is 23.2 Å². The summed E-state index contributed by atoms with van der Waals surface area (Å²) < 4.78 is 45.4. The molecule has 35 heavy (non-hydrogen) atoms. The fraction of sp³-hybridized carbons (Fsp3) is 0.250. The first-order valence-corrected chi connectivity index (χ1v) is 10.9. The van der Waals surface area contributed by atoms with Crippen molar-refractivity contribution in [1.29, 1.82) is 0 Å². The standard InChI is InChI=1S/C20H15Cl2F3N8O2/c21-12-5-10(33-8-28-30-19(33)20(23,24)25)1-2-11(12)18(34)29-9-3-4-32(7-9)17-15-14(13(22)6-27-17)16(26)31-35-15/h1-2,5-6,8-9H,3-4,7H2,(H2,26,31)(H,29,34)/t9-/m1/s1. The molecule has 1 atom stereocenters. The predicted octanol–water partition coefficient (Wildman–Crippen LogP) is 3.72. The van der Waals surface area contributed by atoms with Gasteiger partial charge in [-0.25, -0.2) is 4.98 Å². The Morgan fingerprint density at radius 1 is 1.26 bits per heavy atom. The van der Waals surface area contributed by atoms with Gasteiger partial charge in [0.1, 0.15) is 6.33 Å². The van der Waals surface area contributed by atoms with E-state index in [0.29, 0.717) is 41.3 Å². The fourth-order valence-electron chi connectivity index (χ4n) is 3.94. The fourth-order valence-corrected chi connectivity index (χ4v) is 4.43. The summed E-state index contributed by atoms with van der Waals surface area (Å²) in [5.74, 6) is -1.01. The van der Waals surface area contributed by atoms with E-state index in [2.05, 4.69) is 25.7 Å². The van der Waals surface area contributed by atoms with Gasteiger partial charge in [-0.15, -0.1) is 10.2 Å². The van der Waals surface area contributed by atoms with Crippen molar-refractivity contribution in [1.82, 2.24) is 30.2 Å². The predicted molar refractivity (Wildman–Crippen MR) is 121 cm³/mol. The molecule has 0 saturated carbocycles. The molecule has 3 N–H and O–H groups in total. The number of rotatable bonds is 4. The van der Waals surface area contributed by atoms with Crippen molar-refractivity contribution in [2.75, 3.05) is 23.7 Å². The Morgan fingerprint density at radius 2 is 2.06 bits per heavy atom. The van der Waals surface area contributed by atoms with Gasteiger partial charge >= 0.3 is 6.18 Å². The summed E-state index contributed by atoms with van der Waals surface area (Å²) in [6.07, 6.45) is -1.72.